The largest absolute Gasteiger partial charge is 0.512 e. The smallest absolute Gasteiger partial charge is 0.344 e. The number of esters is 1. The van der Waals surface area contributed by atoms with Gasteiger partial charge in [0.1, 0.15) is 11.3 Å². The molecule has 148 valence electrons. The average molecular weight is 411 g/mol. The van der Waals surface area contributed by atoms with Crippen molar-refractivity contribution in [1.29, 1.82) is 0 Å². The fourth-order valence-corrected chi connectivity index (χ4v) is 3.05. The molecule has 0 unspecified atom stereocenters. The molecule has 0 saturated heterocycles. The lowest BCUT2D eigenvalue weighted by atomic mass is 9.99. The summed E-state index contributed by atoms with van der Waals surface area (Å²) in [6.45, 7) is 4.81. The van der Waals surface area contributed by atoms with Crippen LogP contribution in [-0.4, -0.2) is 34.6 Å². The Morgan fingerprint density at radius 3 is 2.41 bits per heavy atom. The van der Waals surface area contributed by atoms with Crippen LogP contribution in [0.25, 0.3) is 0 Å². The summed E-state index contributed by atoms with van der Waals surface area (Å²) in [6.07, 6.45) is -0.369. The standard InChI is InChI=1S/C22H19ClN2O4/c1-12(2)29-22(28)18(13(3)26)19-16-9-4-5-10-17(16)20(24-19)25-21(27)14-7-6-8-15(23)11-14/h4-12,26H,1-3H3/b18-13+,25-20?. The molecule has 2 aromatic rings. The fourth-order valence-electron chi connectivity index (χ4n) is 2.86. The summed E-state index contributed by atoms with van der Waals surface area (Å²) in [5.74, 6) is -1.29. The third kappa shape index (κ3) is 4.43. The molecular weight excluding hydrogens is 392 g/mol. The van der Waals surface area contributed by atoms with Crippen LogP contribution in [0.2, 0.25) is 5.02 Å². The maximum atomic E-state index is 12.6. The van der Waals surface area contributed by atoms with E-state index in [1.165, 1.54) is 13.0 Å². The Bertz CT molecular complexity index is 1080. The van der Waals surface area contributed by atoms with Crippen molar-refractivity contribution >= 4 is 35.0 Å². The van der Waals surface area contributed by atoms with Gasteiger partial charge >= 0.3 is 5.97 Å². The topological polar surface area (TPSA) is 88.3 Å². The number of halogens is 1. The fraction of sp³-hybridized carbons (Fsp3) is 0.182. The summed E-state index contributed by atoms with van der Waals surface area (Å²) >= 11 is 5.95. The number of amides is 1. The number of aliphatic hydroxyl groups excluding tert-OH is 1. The molecule has 0 aromatic heterocycles. The van der Waals surface area contributed by atoms with Gasteiger partial charge in [0.15, 0.2) is 5.84 Å². The predicted molar refractivity (Wildman–Crippen MR) is 112 cm³/mol. The van der Waals surface area contributed by atoms with Crippen LogP contribution in [0.15, 0.2) is 69.8 Å². The van der Waals surface area contributed by atoms with E-state index in [1.807, 2.05) is 0 Å². The number of carbonyl (C=O) groups excluding carboxylic acids is 2. The number of amidine groups is 1. The van der Waals surface area contributed by atoms with E-state index >= 15 is 0 Å². The summed E-state index contributed by atoms with van der Waals surface area (Å²) in [5, 5.41) is 10.6. The number of ether oxygens (including phenoxy) is 1. The molecule has 2 aromatic carbocycles. The molecule has 1 aliphatic rings. The van der Waals surface area contributed by atoms with Crippen molar-refractivity contribution in [2.75, 3.05) is 0 Å². The number of rotatable bonds is 4. The van der Waals surface area contributed by atoms with E-state index in [-0.39, 0.29) is 29.0 Å². The first kappa shape index (κ1) is 20.5. The lowest BCUT2D eigenvalue weighted by Crippen LogP contribution is -2.21. The van der Waals surface area contributed by atoms with E-state index in [0.717, 1.165) is 0 Å². The molecule has 1 heterocycles. The zero-order chi connectivity index (χ0) is 21.1. The Hall–Kier alpha value is -3.25. The molecule has 29 heavy (non-hydrogen) atoms. The van der Waals surface area contributed by atoms with E-state index in [4.69, 9.17) is 16.3 Å². The van der Waals surface area contributed by atoms with E-state index in [0.29, 0.717) is 21.7 Å². The Morgan fingerprint density at radius 1 is 1.10 bits per heavy atom. The van der Waals surface area contributed by atoms with Gasteiger partial charge in [0.05, 0.1) is 11.8 Å². The molecule has 3 rings (SSSR count). The van der Waals surface area contributed by atoms with E-state index in [2.05, 4.69) is 9.98 Å². The minimum absolute atomic E-state index is 0.0634. The highest BCUT2D eigenvalue weighted by Crippen LogP contribution is 2.26. The van der Waals surface area contributed by atoms with Crippen molar-refractivity contribution in [2.45, 2.75) is 26.9 Å². The molecule has 7 heteroatoms. The number of aliphatic hydroxyl groups is 1. The van der Waals surface area contributed by atoms with Gasteiger partial charge in [-0.05, 0) is 39.0 Å². The molecule has 0 spiro atoms. The second-order valence-corrected chi connectivity index (χ2v) is 7.11. The van der Waals surface area contributed by atoms with Gasteiger partial charge in [-0.25, -0.2) is 9.79 Å². The van der Waals surface area contributed by atoms with Crippen LogP contribution in [0.5, 0.6) is 0 Å². The lowest BCUT2D eigenvalue weighted by Gasteiger charge is -2.12. The molecule has 0 atom stereocenters. The molecule has 0 saturated carbocycles. The third-order valence-corrected chi connectivity index (χ3v) is 4.30. The summed E-state index contributed by atoms with van der Waals surface area (Å²) in [4.78, 5) is 33.6. The number of benzene rings is 2. The summed E-state index contributed by atoms with van der Waals surface area (Å²) < 4.78 is 5.24. The highest BCUT2D eigenvalue weighted by atomic mass is 35.5. The lowest BCUT2D eigenvalue weighted by molar-refractivity contribution is -0.142. The van der Waals surface area contributed by atoms with Crippen LogP contribution >= 0.6 is 11.6 Å². The van der Waals surface area contributed by atoms with Gasteiger partial charge in [0.2, 0.25) is 0 Å². The van der Waals surface area contributed by atoms with E-state index in [9.17, 15) is 14.7 Å². The monoisotopic (exact) mass is 410 g/mol. The number of carbonyl (C=O) groups is 2. The zero-order valence-corrected chi connectivity index (χ0v) is 16.9. The third-order valence-electron chi connectivity index (χ3n) is 4.07. The van der Waals surface area contributed by atoms with Gasteiger partial charge in [-0.1, -0.05) is 41.9 Å². The van der Waals surface area contributed by atoms with Crippen molar-refractivity contribution < 1.29 is 19.4 Å². The number of allylic oxidation sites excluding steroid dienone is 1. The number of nitrogens with zero attached hydrogens (tertiary/aromatic N) is 2. The normalized spacial score (nSPS) is 15.1. The average Bonchev–Trinajstić information content (AvgIpc) is 2.99. The Labute approximate surface area is 173 Å². The molecule has 1 N–H and O–H groups in total. The van der Waals surface area contributed by atoms with Crippen LogP contribution < -0.4 is 0 Å². The minimum Gasteiger partial charge on any atom is -0.512 e. The molecule has 0 aliphatic carbocycles. The first-order chi connectivity index (χ1) is 13.8. The van der Waals surface area contributed by atoms with Gasteiger partial charge in [-0.15, -0.1) is 0 Å². The van der Waals surface area contributed by atoms with Gasteiger partial charge in [0.25, 0.3) is 5.91 Å². The Morgan fingerprint density at radius 2 is 1.79 bits per heavy atom. The molecule has 0 bridgehead atoms. The van der Waals surface area contributed by atoms with Crippen molar-refractivity contribution in [3.63, 3.8) is 0 Å². The van der Waals surface area contributed by atoms with Crippen molar-refractivity contribution in [1.82, 2.24) is 0 Å². The molecule has 0 fully saturated rings. The van der Waals surface area contributed by atoms with E-state index < -0.39 is 11.9 Å². The van der Waals surface area contributed by atoms with Gasteiger partial charge in [0, 0.05) is 21.7 Å². The first-order valence-corrected chi connectivity index (χ1v) is 9.34. The Kier molecular flexibility index (Phi) is 5.94. The van der Waals surface area contributed by atoms with Gasteiger partial charge < -0.3 is 9.84 Å². The highest BCUT2D eigenvalue weighted by molar-refractivity contribution is 6.36. The first-order valence-electron chi connectivity index (χ1n) is 8.96. The minimum atomic E-state index is -0.698. The van der Waals surface area contributed by atoms with Gasteiger partial charge in [-0.3, -0.25) is 4.79 Å². The highest BCUT2D eigenvalue weighted by Gasteiger charge is 2.31. The number of aliphatic imine (C=N–C) groups is 2. The molecule has 1 aliphatic heterocycles. The summed E-state index contributed by atoms with van der Waals surface area (Å²) in [7, 11) is 0. The van der Waals surface area contributed by atoms with Crippen molar-refractivity contribution in [3.8, 4) is 0 Å². The zero-order valence-electron chi connectivity index (χ0n) is 16.1. The molecule has 6 nitrogen and oxygen atoms in total. The molecule has 0 radical (unpaired) electrons. The second-order valence-electron chi connectivity index (χ2n) is 6.67. The van der Waals surface area contributed by atoms with Gasteiger partial charge in [-0.2, -0.15) is 4.99 Å². The summed E-state index contributed by atoms with van der Waals surface area (Å²) in [6, 6.07) is 13.5. The van der Waals surface area contributed by atoms with Crippen LogP contribution in [0.1, 0.15) is 42.3 Å². The van der Waals surface area contributed by atoms with Crippen molar-refractivity contribution in [3.05, 3.63) is 81.6 Å². The van der Waals surface area contributed by atoms with Crippen molar-refractivity contribution in [2.24, 2.45) is 9.98 Å². The Balaban J connectivity index is 2.08. The van der Waals surface area contributed by atoms with Crippen LogP contribution in [0, 0.1) is 0 Å². The number of hydrogen-bond donors (Lipinski definition) is 1. The number of hydrogen-bond acceptors (Lipinski definition) is 4. The molecule has 1 amide bonds. The molecular formula is C22H19ClN2O4. The van der Waals surface area contributed by atoms with E-state index in [1.54, 1.807) is 56.3 Å². The SMILES string of the molecule is C/C(O)=C(\C(=O)OC(C)C)C1=NC(=NC(=O)c2cccc(Cl)c2)c2ccccc21. The maximum Gasteiger partial charge on any atom is 0.344 e. The quantitative estimate of drug-likeness (QED) is 0.456. The second kappa shape index (κ2) is 8.41. The maximum absolute atomic E-state index is 12.6. The number of fused-ring (bicyclic) bond motifs is 1. The van der Waals surface area contributed by atoms with Crippen LogP contribution in [0.3, 0.4) is 0 Å². The van der Waals surface area contributed by atoms with Crippen LogP contribution in [0.4, 0.5) is 0 Å². The summed E-state index contributed by atoms with van der Waals surface area (Å²) in [5.41, 5.74) is 1.62. The predicted octanol–water partition coefficient (Wildman–Crippen LogP) is 4.51. The van der Waals surface area contributed by atoms with Crippen LogP contribution in [-0.2, 0) is 9.53 Å².